The summed E-state index contributed by atoms with van der Waals surface area (Å²) < 4.78 is 12.3. The van der Waals surface area contributed by atoms with E-state index < -0.39 is 4.92 Å². The topological polar surface area (TPSA) is 87.7 Å². The van der Waals surface area contributed by atoms with Crippen molar-refractivity contribution in [3.63, 3.8) is 0 Å². The summed E-state index contributed by atoms with van der Waals surface area (Å²) in [7, 11) is 0. The van der Waals surface area contributed by atoms with Crippen molar-refractivity contribution in [3.05, 3.63) is 68.4 Å². The summed E-state index contributed by atoms with van der Waals surface area (Å²) in [6.07, 6.45) is 1.37. The van der Waals surface area contributed by atoms with Gasteiger partial charge in [0.2, 0.25) is 5.71 Å². The molecule has 0 bridgehead atoms. The van der Waals surface area contributed by atoms with Crippen LogP contribution in [-0.2, 0) is 6.42 Å². The Labute approximate surface area is 157 Å². The molecule has 0 saturated carbocycles. The van der Waals surface area contributed by atoms with Crippen LogP contribution in [-0.4, -0.2) is 35.1 Å². The van der Waals surface area contributed by atoms with Crippen LogP contribution in [0.3, 0.4) is 0 Å². The second-order valence-electron chi connectivity index (χ2n) is 6.21. The Morgan fingerprint density at radius 1 is 1.11 bits per heavy atom. The van der Waals surface area contributed by atoms with E-state index in [1.807, 2.05) is 19.9 Å². The van der Waals surface area contributed by atoms with Gasteiger partial charge in [0.15, 0.2) is 18.0 Å². The number of nitro benzene ring substituents is 1. The van der Waals surface area contributed by atoms with Gasteiger partial charge in [-0.05, 0) is 37.1 Å². The maximum Gasteiger partial charge on any atom is 0.283 e. The minimum atomic E-state index is -0.465. The maximum atomic E-state index is 12.7. The molecule has 0 amide bonds. The first-order valence-electron chi connectivity index (χ1n) is 9.05. The summed E-state index contributed by atoms with van der Waals surface area (Å²) in [5.74, 6) is 1.18. The number of benzene rings is 2. The summed E-state index contributed by atoms with van der Waals surface area (Å²) in [4.78, 5) is 11.0. The van der Waals surface area contributed by atoms with Crippen LogP contribution in [0.2, 0.25) is 0 Å². The number of para-hydroxylation sites is 1. The molecule has 3 rings (SSSR count). The highest BCUT2D eigenvalue weighted by atomic mass is 16.6. The number of hydrogen-bond donors (Lipinski definition) is 0. The van der Waals surface area contributed by atoms with Crippen molar-refractivity contribution in [3.8, 4) is 11.5 Å². The Kier molecular flexibility index (Phi) is 5.59. The van der Waals surface area contributed by atoms with Gasteiger partial charge in [0, 0.05) is 12.5 Å². The van der Waals surface area contributed by atoms with Crippen LogP contribution >= 0.6 is 0 Å². The zero-order valence-electron chi connectivity index (χ0n) is 15.4. The molecule has 0 unspecified atom stereocenters. The Bertz CT molecular complexity index is 892. The molecule has 0 spiro atoms. The molecule has 0 aliphatic carbocycles. The van der Waals surface area contributed by atoms with Crippen molar-refractivity contribution in [1.29, 1.82) is 0 Å². The van der Waals surface area contributed by atoms with Gasteiger partial charge in [0.05, 0.1) is 23.7 Å². The zero-order valence-corrected chi connectivity index (χ0v) is 15.4. The first kappa shape index (κ1) is 18.7. The lowest BCUT2D eigenvalue weighted by atomic mass is 9.91. The van der Waals surface area contributed by atoms with Crippen molar-refractivity contribution < 1.29 is 19.1 Å². The molecule has 0 saturated heterocycles. The van der Waals surface area contributed by atoms with E-state index in [-0.39, 0.29) is 12.2 Å². The molecule has 7 heteroatoms. The van der Waals surface area contributed by atoms with Gasteiger partial charge in [-0.2, -0.15) is 0 Å². The van der Waals surface area contributed by atoms with E-state index in [2.05, 4.69) is 0 Å². The molecule has 2 aromatic carbocycles. The standard InChI is InChI=1S/C20H22N2O5/c1-3-11-27-19-13-16-14(12-18(19)26-4-2)9-10-21(23)20(16)15-7-5-6-8-17(15)22(24)25/h5-8,12-13H,3-4,9-11H2,1-2H3. The van der Waals surface area contributed by atoms with E-state index in [0.717, 1.165) is 16.7 Å². The molecule has 2 aromatic rings. The van der Waals surface area contributed by atoms with Crippen LogP contribution in [0.5, 0.6) is 11.5 Å². The van der Waals surface area contributed by atoms with Crippen molar-refractivity contribution in [1.82, 2.24) is 0 Å². The van der Waals surface area contributed by atoms with Crippen molar-refractivity contribution in [2.75, 3.05) is 19.8 Å². The molecule has 7 nitrogen and oxygen atoms in total. The van der Waals surface area contributed by atoms with Crippen LogP contribution in [0, 0.1) is 15.3 Å². The average molecular weight is 370 g/mol. The molecule has 0 aromatic heterocycles. The third-order valence-corrected chi connectivity index (χ3v) is 4.38. The highest BCUT2D eigenvalue weighted by Crippen LogP contribution is 2.35. The summed E-state index contributed by atoms with van der Waals surface area (Å²) in [6.45, 7) is 5.14. The number of hydroxylamine groups is 1. The lowest BCUT2D eigenvalue weighted by Gasteiger charge is -2.22. The Balaban J connectivity index is 2.18. The monoisotopic (exact) mass is 370 g/mol. The number of nitro groups is 1. The summed E-state index contributed by atoms with van der Waals surface area (Å²) in [6, 6.07) is 9.96. The predicted molar refractivity (Wildman–Crippen MR) is 102 cm³/mol. The molecule has 1 aliphatic rings. The van der Waals surface area contributed by atoms with Crippen LogP contribution in [0.25, 0.3) is 0 Å². The first-order valence-corrected chi connectivity index (χ1v) is 9.05. The second-order valence-corrected chi connectivity index (χ2v) is 6.21. The Morgan fingerprint density at radius 3 is 2.56 bits per heavy atom. The van der Waals surface area contributed by atoms with Crippen molar-refractivity contribution in [2.45, 2.75) is 26.7 Å². The number of fused-ring (bicyclic) bond motifs is 1. The summed E-state index contributed by atoms with van der Waals surface area (Å²) in [5.41, 5.74) is 2.09. The summed E-state index contributed by atoms with van der Waals surface area (Å²) in [5, 5.41) is 24.1. The second kappa shape index (κ2) is 8.07. The predicted octanol–water partition coefficient (Wildman–Crippen LogP) is 3.69. The van der Waals surface area contributed by atoms with E-state index in [4.69, 9.17) is 9.47 Å². The van der Waals surface area contributed by atoms with Gasteiger partial charge in [-0.25, -0.2) is 4.74 Å². The molecule has 0 radical (unpaired) electrons. The van der Waals surface area contributed by atoms with Crippen LogP contribution in [0.1, 0.15) is 37.0 Å². The fourth-order valence-corrected chi connectivity index (χ4v) is 3.20. The van der Waals surface area contributed by atoms with E-state index in [1.165, 1.54) is 6.07 Å². The third kappa shape index (κ3) is 3.72. The van der Waals surface area contributed by atoms with E-state index in [0.29, 0.717) is 48.0 Å². The average Bonchev–Trinajstić information content (AvgIpc) is 2.66. The van der Waals surface area contributed by atoms with Gasteiger partial charge in [0.25, 0.3) is 5.69 Å². The zero-order chi connectivity index (χ0) is 19.4. The fraction of sp³-hybridized carbons (Fsp3) is 0.350. The number of rotatable bonds is 7. The molecular weight excluding hydrogens is 348 g/mol. The number of hydrogen-bond acceptors (Lipinski definition) is 5. The van der Waals surface area contributed by atoms with E-state index in [9.17, 15) is 15.3 Å². The van der Waals surface area contributed by atoms with Gasteiger partial charge in [-0.15, -0.1) is 0 Å². The quantitative estimate of drug-likeness (QED) is 0.321. The highest BCUT2D eigenvalue weighted by Gasteiger charge is 2.31. The van der Waals surface area contributed by atoms with Crippen molar-refractivity contribution in [2.24, 2.45) is 0 Å². The lowest BCUT2D eigenvalue weighted by Crippen LogP contribution is -2.28. The van der Waals surface area contributed by atoms with Crippen molar-refractivity contribution >= 4 is 11.4 Å². The largest absolute Gasteiger partial charge is 0.623 e. The molecular formula is C20H22N2O5. The molecule has 27 heavy (non-hydrogen) atoms. The smallest absolute Gasteiger partial charge is 0.283 e. The molecule has 1 heterocycles. The number of ether oxygens (including phenoxy) is 2. The van der Waals surface area contributed by atoms with Crippen LogP contribution in [0.15, 0.2) is 36.4 Å². The SMILES string of the molecule is CCCOc1cc2c(cc1OCC)CC[N+]([O-])=C2c1ccccc1[N+](=O)[O-]. The fourth-order valence-electron chi connectivity index (χ4n) is 3.20. The normalized spacial score (nSPS) is 13.3. The summed E-state index contributed by atoms with van der Waals surface area (Å²) >= 11 is 0. The first-order chi connectivity index (χ1) is 13.1. The molecule has 0 atom stereocenters. The van der Waals surface area contributed by atoms with Gasteiger partial charge in [-0.3, -0.25) is 10.1 Å². The van der Waals surface area contributed by atoms with Gasteiger partial charge < -0.3 is 14.7 Å². The minimum absolute atomic E-state index is 0.0916. The highest BCUT2D eigenvalue weighted by molar-refractivity contribution is 6.13. The molecule has 1 aliphatic heterocycles. The van der Waals surface area contributed by atoms with Crippen LogP contribution in [0.4, 0.5) is 5.69 Å². The van der Waals surface area contributed by atoms with Gasteiger partial charge >= 0.3 is 0 Å². The van der Waals surface area contributed by atoms with E-state index in [1.54, 1.807) is 24.3 Å². The molecule has 142 valence electrons. The maximum absolute atomic E-state index is 12.7. The third-order valence-electron chi connectivity index (χ3n) is 4.38. The van der Waals surface area contributed by atoms with Crippen LogP contribution < -0.4 is 9.47 Å². The van der Waals surface area contributed by atoms with Gasteiger partial charge in [0.1, 0.15) is 5.56 Å². The van der Waals surface area contributed by atoms with Gasteiger partial charge in [-0.1, -0.05) is 19.1 Å². The molecule has 0 N–H and O–H groups in total. The molecule has 0 fully saturated rings. The number of nitrogens with zero attached hydrogens (tertiary/aromatic N) is 2. The Hall–Kier alpha value is -3.09. The minimum Gasteiger partial charge on any atom is -0.623 e. The Morgan fingerprint density at radius 2 is 1.85 bits per heavy atom. The van der Waals surface area contributed by atoms with E-state index >= 15 is 0 Å². The lowest BCUT2D eigenvalue weighted by molar-refractivity contribution is -0.458.